The molecular formula is C15H25NO. The molecule has 1 atom stereocenters. The fourth-order valence-corrected chi connectivity index (χ4v) is 1.89. The quantitative estimate of drug-likeness (QED) is 0.748. The molecule has 0 radical (unpaired) electrons. The van der Waals surface area contributed by atoms with E-state index >= 15 is 0 Å². The number of hydrogen-bond donors (Lipinski definition) is 1. The van der Waals surface area contributed by atoms with Crippen LogP contribution in [0.1, 0.15) is 38.7 Å². The summed E-state index contributed by atoms with van der Waals surface area (Å²) in [5, 5.41) is 9.76. The van der Waals surface area contributed by atoms with E-state index < -0.39 is 0 Å². The summed E-state index contributed by atoms with van der Waals surface area (Å²) < 4.78 is 0. The molecule has 1 aromatic carbocycles. The number of unbranched alkanes of at least 4 members (excludes halogenated alkanes) is 1. The Kier molecular flexibility index (Phi) is 6.90. The van der Waals surface area contributed by atoms with E-state index in [1.54, 1.807) is 0 Å². The molecule has 0 aliphatic carbocycles. The summed E-state index contributed by atoms with van der Waals surface area (Å²) in [7, 11) is 0. The maximum absolute atomic E-state index is 9.76. The second-order valence-corrected chi connectivity index (χ2v) is 4.64. The summed E-state index contributed by atoms with van der Waals surface area (Å²) in [5.41, 5.74) is 1.33. The SMILES string of the molecule is CCCCN(Cc1ccccc1)CC(O)CC. The molecule has 2 heteroatoms. The number of rotatable bonds is 8. The summed E-state index contributed by atoms with van der Waals surface area (Å²) in [4.78, 5) is 2.35. The van der Waals surface area contributed by atoms with Gasteiger partial charge in [-0.25, -0.2) is 0 Å². The molecule has 96 valence electrons. The molecule has 0 aromatic heterocycles. The lowest BCUT2D eigenvalue weighted by Crippen LogP contribution is -2.32. The second-order valence-electron chi connectivity index (χ2n) is 4.64. The number of nitrogens with zero attached hydrogens (tertiary/aromatic N) is 1. The summed E-state index contributed by atoms with van der Waals surface area (Å²) in [5.74, 6) is 0. The van der Waals surface area contributed by atoms with Gasteiger partial charge >= 0.3 is 0 Å². The Labute approximate surface area is 105 Å². The Balaban J connectivity index is 2.50. The van der Waals surface area contributed by atoms with E-state index in [-0.39, 0.29) is 6.10 Å². The lowest BCUT2D eigenvalue weighted by Gasteiger charge is -2.24. The van der Waals surface area contributed by atoms with Crippen LogP contribution >= 0.6 is 0 Å². The first-order valence-corrected chi connectivity index (χ1v) is 6.70. The standard InChI is InChI=1S/C15H25NO/c1-3-5-11-16(13-15(17)4-2)12-14-9-7-6-8-10-14/h6-10,15,17H,3-5,11-13H2,1-2H3. The van der Waals surface area contributed by atoms with Gasteiger partial charge in [0.05, 0.1) is 6.10 Å². The lowest BCUT2D eigenvalue weighted by atomic mass is 10.2. The first kappa shape index (κ1) is 14.2. The second kappa shape index (κ2) is 8.26. The van der Waals surface area contributed by atoms with E-state index in [2.05, 4.69) is 36.1 Å². The van der Waals surface area contributed by atoms with Crippen molar-refractivity contribution in [3.63, 3.8) is 0 Å². The van der Waals surface area contributed by atoms with Gasteiger partial charge in [0.2, 0.25) is 0 Å². The van der Waals surface area contributed by atoms with Crippen molar-refractivity contribution in [1.29, 1.82) is 0 Å². The average Bonchev–Trinajstić information content (AvgIpc) is 2.37. The van der Waals surface area contributed by atoms with Crippen molar-refractivity contribution in [2.24, 2.45) is 0 Å². The van der Waals surface area contributed by atoms with Crippen LogP contribution in [0.5, 0.6) is 0 Å². The summed E-state index contributed by atoms with van der Waals surface area (Å²) in [6.45, 7) is 7.04. The van der Waals surface area contributed by atoms with E-state index in [9.17, 15) is 5.11 Å². The largest absolute Gasteiger partial charge is 0.392 e. The minimum atomic E-state index is -0.199. The highest BCUT2D eigenvalue weighted by Gasteiger charge is 2.10. The van der Waals surface area contributed by atoms with Crippen LogP contribution in [-0.2, 0) is 6.54 Å². The fraction of sp³-hybridized carbons (Fsp3) is 0.600. The molecule has 2 nitrogen and oxygen atoms in total. The predicted octanol–water partition coefficient (Wildman–Crippen LogP) is 3.06. The number of benzene rings is 1. The van der Waals surface area contributed by atoms with Crippen molar-refractivity contribution in [2.45, 2.75) is 45.8 Å². The fourth-order valence-electron chi connectivity index (χ4n) is 1.89. The van der Waals surface area contributed by atoms with E-state index in [0.29, 0.717) is 0 Å². The molecular weight excluding hydrogens is 210 g/mol. The van der Waals surface area contributed by atoms with Gasteiger partial charge in [0.1, 0.15) is 0 Å². The van der Waals surface area contributed by atoms with Crippen molar-refractivity contribution in [2.75, 3.05) is 13.1 Å². The molecule has 0 aliphatic rings. The Morgan fingerprint density at radius 2 is 1.88 bits per heavy atom. The summed E-state index contributed by atoms with van der Waals surface area (Å²) in [6, 6.07) is 10.5. The van der Waals surface area contributed by atoms with Gasteiger partial charge in [0, 0.05) is 13.1 Å². The highest BCUT2D eigenvalue weighted by Crippen LogP contribution is 2.07. The molecule has 0 aliphatic heterocycles. The Morgan fingerprint density at radius 1 is 1.18 bits per heavy atom. The molecule has 0 saturated carbocycles. The Bertz CT molecular complexity index is 286. The highest BCUT2D eigenvalue weighted by molar-refractivity contribution is 5.14. The zero-order valence-electron chi connectivity index (χ0n) is 11.1. The van der Waals surface area contributed by atoms with Gasteiger partial charge < -0.3 is 5.11 Å². The van der Waals surface area contributed by atoms with Crippen LogP contribution in [0.15, 0.2) is 30.3 Å². The summed E-state index contributed by atoms with van der Waals surface area (Å²) in [6.07, 6.45) is 3.03. The van der Waals surface area contributed by atoms with E-state index in [0.717, 1.165) is 26.1 Å². The van der Waals surface area contributed by atoms with Gasteiger partial charge in [-0.3, -0.25) is 4.90 Å². The molecule has 0 bridgehead atoms. The van der Waals surface area contributed by atoms with Crippen LogP contribution in [0.3, 0.4) is 0 Å². The molecule has 0 fully saturated rings. The lowest BCUT2D eigenvalue weighted by molar-refractivity contribution is 0.104. The Hall–Kier alpha value is -0.860. The van der Waals surface area contributed by atoms with Crippen LogP contribution in [0, 0.1) is 0 Å². The van der Waals surface area contributed by atoms with Crippen LogP contribution < -0.4 is 0 Å². The molecule has 1 unspecified atom stereocenters. The van der Waals surface area contributed by atoms with Gasteiger partial charge in [0.25, 0.3) is 0 Å². The van der Waals surface area contributed by atoms with Crippen LogP contribution in [0.4, 0.5) is 0 Å². The first-order valence-electron chi connectivity index (χ1n) is 6.70. The van der Waals surface area contributed by atoms with Gasteiger partial charge in [-0.05, 0) is 24.9 Å². The molecule has 1 rings (SSSR count). The van der Waals surface area contributed by atoms with E-state index in [1.807, 2.05) is 13.0 Å². The maximum Gasteiger partial charge on any atom is 0.0664 e. The van der Waals surface area contributed by atoms with Crippen molar-refractivity contribution < 1.29 is 5.11 Å². The Morgan fingerprint density at radius 3 is 2.47 bits per heavy atom. The molecule has 17 heavy (non-hydrogen) atoms. The van der Waals surface area contributed by atoms with Crippen LogP contribution in [0.25, 0.3) is 0 Å². The number of aliphatic hydroxyl groups is 1. The van der Waals surface area contributed by atoms with E-state index in [1.165, 1.54) is 18.4 Å². The number of aliphatic hydroxyl groups excluding tert-OH is 1. The molecule has 0 amide bonds. The van der Waals surface area contributed by atoms with Crippen molar-refractivity contribution in [1.82, 2.24) is 4.90 Å². The van der Waals surface area contributed by atoms with E-state index in [4.69, 9.17) is 0 Å². The third-order valence-corrected chi connectivity index (χ3v) is 3.02. The van der Waals surface area contributed by atoms with Crippen molar-refractivity contribution in [3.8, 4) is 0 Å². The third-order valence-electron chi connectivity index (χ3n) is 3.02. The molecule has 0 spiro atoms. The highest BCUT2D eigenvalue weighted by atomic mass is 16.3. The molecule has 1 aromatic rings. The van der Waals surface area contributed by atoms with Crippen LogP contribution in [0.2, 0.25) is 0 Å². The predicted molar refractivity (Wildman–Crippen MR) is 72.9 cm³/mol. The molecule has 0 saturated heterocycles. The zero-order valence-corrected chi connectivity index (χ0v) is 11.1. The molecule has 0 heterocycles. The molecule has 1 N–H and O–H groups in total. The van der Waals surface area contributed by atoms with Crippen molar-refractivity contribution >= 4 is 0 Å². The van der Waals surface area contributed by atoms with Gasteiger partial charge in [-0.15, -0.1) is 0 Å². The number of hydrogen-bond acceptors (Lipinski definition) is 2. The smallest absolute Gasteiger partial charge is 0.0664 e. The third kappa shape index (κ3) is 5.85. The monoisotopic (exact) mass is 235 g/mol. The maximum atomic E-state index is 9.76. The van der Waals surface area contributed by atoms with Crippen molar-refractivity contribution in [3.05, 3.63) is 35.9 Å². The average molecular weight is 235 g/mol. The van der Waals surface area contributed by atoms with Gasteiger partial charge in [-0.2, -0.15) is 0 Å². The topological polar surface area (TPSA) is 23.5 Å². The normalized spacial score (nSPS) is 12.9. The minimum absolute atomic E-state index is 0.199. The van der Waals surface area contributed by atoms with Gasteiger partial charge in [0.15, 0.2) is 0 Å². The minimum Gasteiger partial charge on any atom is -0.392 e. The zero-order chi connectivity index (χ0) is 12.5. The van der Waals surface area contributed by atoms with Crippen LogP contribution in [-0.4, -0.2) is 29.2 Å². The van der Waals surface area contributed by atoms with Gasteiger partial charge in [-0.1, -0.05) is 50.6 Å². The first-order chi connectivity index (χ1) is 8.26. The summed E-state index contributed by atoms with van der Waals surface area (Å²) >= 11 is 0.